The molecule has 0 aromatic carbocycles. The molecule has 4 N–H and O–H groups in total. The van der Waals surface area contributed by atoms with Crippen LogP contribution in [0.1, 0.15) is 19.3 Å². The van der Waals surface area contributed by atoms with Crippen molar-refractivity contribution in [3.8, 4) is 0 Å². The van der Waals surface area contributed by atoms with Gasteiger partial charge < -0.3 is 25.5 Å². The lowest BCUT2D eigenvalue weighted by molar-refractivity contribution is -0.146. The standard InChI is InChI=1S/C10H18N2O5/c13-7-2-5-12(6-3-7)10(17)11-4-1-8(14)9(15)16/h7-8,13-14H,1-6H2,(H,11,17)(H,15,16). The van der Waals surface area contributed by atoms with Crippen molar-refractivity contribution in [2.45, 2.75) is 31.5 Å². The van der Waals surface area contributed by atoms with Gasteiger partial charge in [0.25, 0.3) is 0 Å². The predicted octanol–water partition coefficient (Wildman–Crippen LogP) is -1.01. The molecule has 1 saturated heterocycles. The topological polar surface area (TPSA) is 110 Å². The minimum absolute atomic E-state index is 0.0163. The number of urea groups is 1. The average molecular weight is 246 g/mol. The fourth-order valence-electron chi connectivity index (χ4n) is 1.62. The molecule has 0 saturated carbocycles. The number of nitrogens with zero attached hydrogens (tertiary/aromatic N) is 1. The number of carboxylic acid groups (broad SMARTS) is 1. The van der Waals surface area contributed by atoms with E-state index in [1.165, 1.54) is 0 Å². The summed E-state index contributed by atoms with van der Waals surface area (Å²) in [6.07, 6.45) is -0.681. The highest BCUT2D eigenvalue weighted by molar-refractivity contribution is 5.74. The summed E-state index contributed by atoms with van der Waals surface area (Å²) in [5.41, 5.74) is 0. The lowest BCUT2D eigenvalue weighted by Crippen LogP contribution is -2.46. The van der Waals surface area contributed by atoms with E-state index in [0.717, 1.165) is 0 Å². The Morgan fingerprint density at radius 3 is 2.47 bits per heavy atom. The van der Waals surface area contributed by atoms with Crippen LogP contribution in [-0.2, 0) is 4.79 Å². The van der Waals surface area contributed by atoms with Crippen LogP contribution in [0.3, 0.4) is 0 Å². The van der Waals surface area contributed by atoms with Crippen molar-refractivity contribution in [3.63, 3.8) is 0 Å². The molecule has 7 heteroatoms. The first-order valence-electron chi connectivity index (χ1n) is 5.62. The van der Waals surface area contributed by atoms with E-state index in [4.69, 9.17) is 10.2 Å². The Bertz CT molecular complexity index is 276. The molecule has 2 amide bonds. The zero-order valence-electron chi connectivity index (χ0n) is 9.50. The third-order valence-electron chi connectivity index (χ3n) is 2.73. The van der Waals surface area contributed by atoms with Crippen molar-refractivity contribution in [1.82, 2.24) is 10.2 Å². The van der Waals surface area contributed by atoms with Crippen molar-refractivity contribution < 1.29 is 24.9 Å². The Morgan fingerprint density at radius 1 is 1.35 bits per heavy atom. The third-order valence-corrected chi connectivity index (χ3v) is 2.73. The maximum absolute atomic E-state index is 11.6. The number of hydrogen-bond acceptors (Lipinski definition) is 4. The molecule has 0 bridgehead atoms. The van der Waals surface area contributed by atoms with Crippen LogP contribution >= 0.6 is 0 Å². The second kappa shape index (κ2) is 6.41. The smallest absolute Gasteiger partial charge is 0.332 e. The third kappa shape index (κ3) is 4.58. The van der Waals surface area contributed by atoms with Gasteiger partial charge in [-0.3, -0.25) is 0 Å². The van der Waals surface area contributed by atoms with E-state index in [-0.39, 0.29) is 25.1 Å². The number of carboxylic acids is 1. The Labute approximate surface area is 99.0 Å². The molecule has 1 heterocycles. The number of piperidine rings is 1. The predicted molar refractivity (Wildman–Crippen MR) is 58.5 cm³/mol. The van der Waals surface area contributed by atoms with Gasteiger partial charge in [0.05, 0.1) is 6.10 Å². The largest absolute Gasteiger partial charge is 0.479 e. The van der Waals surface area contributed by atoms with E-state index in [9.17, 15) is 14.7 Å². The summed E-state index contributed by atoms with van der Waals surface area (Å²) in [6, 6.07) is -0.283. The van der Waals surface area contributed by atoms with Crippen LogP contribution in [0.15, 0.2) is 0 Å². The minimum Gasteiger partial charge on any atom is -0.479 e. The van der Waals surface area contributed by atoms with Crippen molar-refractivity contribution in [2.24, 2.45) is 0 Å². The van der Waals surface area contributed by atoms with Crippen LogP contribution < -0.4 is 5.32 Å². The van der Waals surface area contributed by atoms with Crippen molar-refractivity contribution in [3.05, 3.63) is 0 Å². The van der Waals surface area contributed by atoms with Crippen LogP contribution in [0, 0.1) is 0 Å². The number of aliphatic carboxylic acids is 1. The van der Waals surface area contributed by atoms with Crippen LogP contribution in [0.5, 0.6) is 0 Å². The Kier molecular flexibility index (Phi) is 5.17. The first-order valence-corrected chi connectivity index (χ1v) is 5.62. The zero-order valence-corrected chi connectivity index (χ0v) is 9.50. The van der Waals surface area contributed by atoms with E-state index in [0.29, 0.717) is 25.9 Å². The first kappa shape index (κ1) is 13.7. The molecule has 7 nitrogen and oxygen atoms in total. The molecule has 0 aromatic heterocycles. The number of rotatable bonds is 4. The molecular formula is C10H18N2O5. The van der Waals surface area contributed by atoms with Gasteiger partial charge in [-0.25, -0.2) is 9.59 Å². The summed E-state index contributed by atoms with van der Waals surface area (Å²) in [7, 11) is 0. The Hall–Kier alpha value is -1.34. The van der Waals surface area contributed by atoms with Gasteiger partial charge in [0, 0.05) is 26.1 Å². The van der Waals surface area contributed by atoms with E-state index in [1.807, 2.05) is 0 Å². The van der Waals surface area contributed by atoms with E-state index >= 15 is 0 Å². The van der Waals surface area contributed by atoms with Gasteiger partial charge in [0.2, 0.25) is 0 Å². The highest BCUT2D eigenvalue weighted by Gasteiger charge is 2.21. The van der Waals surface area contributed by atoms with Gasteiger partial charge in [0.15, 0.2) is 6.10 Å². The van der Waals surface area contributed by atoms with Gasteiger partial charge >= 0.3 is 12.0 Å². The van der Waals surface area contributed by atoms with Gasteiger partial charge in [-0.1, -0.05) is 0 Å². The van der Waals surface area contributed by atoms with E-state index in [1.54, 1.807) is 4.90 Å². The fraction of sp³-hybridized carbons (Fsp3) is 0.800. The highest BCUT2D eigenvalue weighted by atomic mass is 16.4. The molecular weight excluding hydrogens is 228 g/mol. The minimum atomic E-state index is -1.45. The van der Waals surface area contributed by atoms with Gasteiger partial charge in [0.1, 0.15) is 0 Å². The van der Waals surface area contributed by atoms with Gasteiger partial charge in [-0.05, 0) is 12.8 Å². The van der Waals surface area contributed by atoms with Gasteiger partial charge in [-0.2, -0.15) is 0 Å². The monoisotopic (exact) mass is 246 g/mol. The lowest BCUT2D eigenvalue weighted by Gasteiger charge is -2.29. The van der Waals surface area contributed by atoms with Crippen molar-refractivity contribution >= 4 is 12.0 Å². The molecule has 1 atom stereocenters. The van der Waals surface area contributed by atoms with Crippen LogP contribution in [-0.4, -0.2) is 64.1 Å². The number of likely N-dealkylation sites (tertiary alicyclic amines) is 1. The van der Waals surface area contributed by atoms with Crippen molar-refractivity contribution in [1.29, 1.82) is 0 Å². The van der Waals surface area contributed by atoms with E-state index < -0.39 is 12.1 Å². The summed E-state index contributed by atoms with van der Waals surface area (Å²) in [5, 5.41) is 29.2. The summed E-state index contributed by atoms with van der Waals surface area (Å²) in [4.78, 5) is 23.4. The number of carbonyl (C=O) groups excluding carboxylic acids is 1. The summed E-state index contributed by atoms with van der Waals surface area (Å²) >= 11 is 0. The molecule has 1 unspecified atom stereocenters. The Morgan fingerprint density at radius 2 is 1.94 bits per heavy atom. The summed E-state index contributed by atoms with van der Waals surface area (Å²) in [5.74, 6) is -1.29. The zero-order chi connectivity index (χ0) is 12.8. The van der Waals surface area contributed by atoms with Gasteiger partial charge in [-0.15, -0.1) is 0 Å². The second-order valence-corrected chi connectivity index (χ2v) is 4.09. The SMILES string of the molecule is O=C(O)C(O)CCNC(=O)N1CCC(O)CC1. The maximum atomic E-state index is 11.6. The molecule has 1 aliphatic heterocycles. The molecule has 1 fully saturated rings. The fourth-order valence-corrected chi connectivity index (χ4v) is 1.62. The quantitative estimate of drug-likeness (QED) is 0.508. The number of carbonyl (C=O) groups is 2. The average Bonchev–Trinajstić information content (AvgIpc) is 2.29. The molecule has 17 heavy (non-hydrogen) atoms. The van der Waals surface area contributed by atoms with Crippen LogP contribution in [0.4, 0.5) is 4.79 Å². The molecule has 0 aliphatic carbocycles. The number of aliphatic hydroxyl groups excluding tert-OH is 2. The lowest BCUT2D eigenvalue weighted by atomic mass is 10.1. The number of amides is 2. The summed E-state index contributed by atoms with van der Waals surface area (Å²) < 4.78 is 0. The molecule has 0 spiro atoms. The second-order valence-electron chi connectivity index (χ2n) is 4.09. The number of aliphatic hydroxyl groups is 2. The highest BCUT2D eigenvalue weighted by Crippen LogP contribution is 2.09. The molecule has 0 aromatic rings. The first-order chi connectivity index (χ1) is 8.00. The number of nitrogens with one attached hydrogen (secondary N) is 1. The molecule has 1 rings (SSSR count). The van der Waals surface area contributed by atoms with Crippen molar-refractivity contribution in [2.75, 3.05) is 19.6 Å². The number of hydrogen-bond donors (Lipinski definition) is 4. The normalized spacial score (nSPS) is 18.8. The molecule has 0 radical (unpaired) electrons. The molecule has 1 aliphatic rings. The van der Waals surface area contributed by atoms with E-state index in [2.05, 4.69) is 5.32 Å². The maximum Gasteiger partial charge on any atom is 0.332 e. The van der Waals surface area contributed by atoms with Crippen LogP contribution in [0.2, 0.25) is 0 Å². The molecule has 98 valence electrons. The van der Waals surface area contributed by atoms with Crippen LogP contribution in [0.25, 0.3) is 0 Å². The Balaban J connectivity index is 2.19. The summed E-state index contributed by atoms with van der Waals surface area (Å²) in [6.45, 7) is 1.11.